The largest absolute Gasteiger partial charge is 0.494 e. The van der Waals surface area contributed by atoms with E-state index in [4.69, 9.17) is 4.74 Å². The van der Waals surface area contributed by atoms with Gasteiger partial charge in [-0.15, -0.1) is 0 Å². The van der Waals surface area contributed by atoms with Crippen LogP contribution in [0.3, 0.4) is 0 Å². The van der Waals surface area contributed by atoms with E-state index in [9.17, 15) is 14.0 Å². The molecule has 1 amide bonds. The van der Waals surface area contributed by atoms with Gasteiger partial charge in [0.1, 0.15) is 17.1 Å². The van der Waals surface area contributed by atoms with Gasteiger partial charge >= 0.3 is 0 Å². The van der Waals surface area contributed by atoms with E-state index >= 15 is 0 Å². The molecule has 0 atom stereocenters. The lowest BCUT2D eigenvalue weighted by Gasteiger charge is -2.08. The number of fused-ring (bicyclic) bond motifs is 1. The fraction of sp³-hybridized carbons (Fsp3) is 0.174. The predicted molar refractivity (Wildman–Crippen MR) is 115 cm³/mol. The van der Waals surface area contributed by atoms with E-state index in [0.29, 0.717) is 17.8 Å². The summed E-state index contributed by atoms with van der Waals surface area (Å²) < 4.78 is 22.2. The van der Waals surface area contributed by atoms with Crippen LogP contribution in [0.25, 0.3) is 16.8 Å². The molecule has 0 aliphatic rings. The van der Waals surface area contributed by atoms with Gasteiger partial charge in [-0.1, -0.05) is 12.1 Å². The molecule has 2 aromatic carbocycles. The molecule has 8 heteroatoms. The van der Waals surface area contributed by atoms with Gasteiger partial charge in [-0.2, -0.15) is 5.10 Å². The number of rotatable bonds is 7. The standard InChI is InChI=1S/C23H21FN4O3/c1-2-31-17-9-7-16(8-10-17)20-15-21-23(30)27(13-14-28(21)26-20)12-11-25-22(29)18-5-3-4-6-19(18)24/h3-10,13-15H,2,11-12H2,1H3,(H,25,29). The molecule has 2 heterocycles. The molecule has 2 aromatic heterocycles. The third-order valence-corrected chi connectivity index (χ3v) is 4.82. The number of ether oxygens (including phenoxy) is 1. The first-order chi connectivity index (χ1) is 15.1. The minimum Gasteiger partial charge on any atom is -0.494 e. The van der Waals surface area contributed by atoms with Gasteiger partial charge in [0.05, 0.1) is 17.9 Å². The van der Waals surface area contributed by atoms with Crippen molar-refractivity contribution in [3.8, 4) is 17.0 Å². The zero-order valence-electron chi connectivity index (χ0n) is 16.9. The molecule has 4 rings (SSSR count). The summed E-state index contributed by atoms with van der Waals surface area (Å²) in [6.45, 7) is 2.95. The van der Waals surface area contributed by atoms with E-state index in [-0.39, 0.29) is 24.2 Å². The lowest BCUT2D eigenvalue weighted by Crippen LogP contribution is -2.31. The van der Waals surface area contributed by atoms with Crippen LogP contribution in [0.2, 0.25) is 0 Å². The minimum absolute atomic E-state index is 0.0268. The first kappa shape index (κ1) is 20.3. The van der Waals surface area contributed by atoms with Gasteiger partial charge in [-0.3, -0.25) is 9.59 Å². The molecular weight excluding hydrogens is 399 g/mol. The van der Waals surface area contributed by atoms with Crippen LogP contribution in [0.1, 0.15) is 17.3 Å². The maximum absolute atomic E-state index is 13.7. The highest BCUT2D eigenvalue weighted by Gasteiger charge is 2.12. The Morgan fingerprint density at radius 1 is 1.13 bits per heavy atom. The normalized spacial score (nSPS) is 10.9. The Hall–Kier alpha value is -3.94. The molecule has 7 nitrogen and oxygen atoms in total. The van der Waals surface area contributed by atoms with Gasteiger partial charge in [-0.25, -0.2) is 8.91 Å². The molecule has 158 valence electrons. The molecule has 0 saturated heterocycles. The molecule has 31 heavy (non-hydrogen) atoms. The van der Waals surface area contributed by atoms with Crippen molar-refractivity contribution in [2.45, 2.75) is 13.5 Å². The van der Waals surface area contributed by atoms with Crippen molar-refractivity contribution in [1.82, 2.24) is 19.5 Å². The summed E-state index contributed by atoms with van der Waals surface area (Å²) in [7, 11) is 0. The fourth-order valence-corrected chi connectivity index (χ4v) is 3.26. The van der Waals surface area contributed by atoms with Crippen molar-refractivity contribution >= 4 is 11.4 Å². The Morgan fingerprint density at radius 3 is 2.65 bits per heavy atom. The van der Waals surface area contributed by atoms with Gasteiger partial charge in [0.25, 0.3) is 11.5 Å². The molecule has 0 fully saturated rings. The number of benzene rings is 2. The third kappa shape index (κ3) is 4.32. The molecular formula is C23H21FN4O3. The first-order valence-electron chi connectivity index (χ1n) is 9.91. The third-order valence-electron chi connectivity index (χ3n) is 4.82. The second-order valence-corrected chi connectivity index (χ2v) is 6.85. The van der Waals surface area contributed by atoms with Gasteiger partial charge in [-0.05, 0) is 49.4 Å². The van der Waals surface area contributed by atoms with Crippen LogP contribution in [0.15, 0.2) is 71.8 Å². The van der Waals surface area contributed by atoms with E-state index in [1.165, 1.54) is 27.3 Å². The predicted octanol–water partition coefficient (Wildman–Crippen LogP) is 3.13. The van der Waals surface area contributed by atoms with Crippen molar-refractivity contribution in [2.75, 3.05) is 13.2 Å². The van der Waals surface area contributed by atoms with E-state index < -0.39 is 11.7 Å². The molecule has 0 spiro atoms. The van der Waals surface area contributed by atoms with E-state index in [1.807, 2.05) is 31.2 Å². The SMILES string of the molecule is CCOc1ccc(-c2cc3c(=O)n(CCNC(=O)c4ccccc4F)ccn3n2)cc1. The first-order valence-corrected chi connectivity index (χ1v) is 9.91. The number of carbonyl (C=O) groups is 1. The van der Waals surface area contributed by atoms with Crippen molar-refractivity contribution in [1.29, 1.82) is 0 Å². The van der Waals surface area contributed by atoms with Crippen molar-refractivity contribution < 1.29 is 13.9 Å². The number of amides is 1. The highest BCUT2D eigenvalue weighted by Crippen LogP contribution is 2.21. The minimum atomic E-state index is -0.584. The lowest BCUT2D eigenvalue weighted by atomic mass is 10.1. The van der Waals surface area contributed by atoms with Gasteiger partial charge in [0, 0.05) is 31.0 Å². The van der Waals surface area contributed by atoms with Crippen molar-refractivity contribution in [3.63, 3.8) is 0 Å². The Balaban J connectivity index is 1.48. The number of nitrogens with one attached hydrogen (secondary N) is 1. The molecule has 0 radical (unpaired) electrons. The summed E-state index contributed by atoms with van der Waals surface area (Å²) in [4.78, 5) is 24.9. The van der Waals surface area contributed by atoms with Crippen molar-refractivity contribution in [3.05, 3.63) is 88.7 Å². The lowest BCUT2D eigenvalue weighted by molar-refractivity contribution is 0.0948. The number of carbonyl (C=O) groups excluding carboxylic acids is 1. The van der Waals surface area contributed by atoms with Crippen LogP contribution in [0.5, 0.6) is 5.75 Å². The zero-order chi connectivity index (χ0) is 21.8. The summed E-state index contributed by atoms with van der Waals surface area (Å²) in [5.41, 5.74) is 1.71. The van der Waals surface area contributed by atoms with E-state index in [1.54, 1.807) is 24.5 Å². The number of hydrogen-bond donors (Lipinski definition) is 1. The zero-order valence-corrected chi connectivity index (χ0v) is 16.9. The average molecular weight is 420 g/mol. The number of aromatic nitrogens is 3. The Bertz CT molecular complexity index is 1280. The number of halogens is 1. The Morgan fingerprint density at radius 2 is 1.90 bits per heavy atom. The Labute approximate surface area is 177 Å². The van der Waals surface area contributed by atoms with Crippen LogP contribution in [0.4, 0.5) is 4.39 Å². The van der Waals surface area contributed by atoms with E-state index in [2.05, 4.69) is 10.4 Å². The summed E-state index contributed by atoms with van der Waals surface area (Å²) >= 11 is 0. The highest BCUT2D eigenvalue weighted by molar-refractivity contribution is 5.94. The average Bonchev–Trinajstić information content (AvgIpc) is 3.21. The fourth-order valence-electron chi connectivity index (χ4n) is 3.26. The molecule has 0 aliphatic heterocycles. The van der Waals surface area contributed by atoms with E-state index in [0.717, 1.165) is 11.3 Å². The van der Waals surface area contributed by atoms with Crippen LogP contribution >= 0.6 is 0 Å². The highest BCUT2D eigenvalue weighted by atomic mass is 19.1. The summed E-state index contributed by atoms with van der Waals surface area (Å²) in [6.07, 6.45) is 3.30. The monoisotopic (exact) mass is 420 g/mol. The maximum atomic E-state index is 13.7. The quantitative estimate of drug-likeness (QED) is 0.498. The second-order valence-electron chi connectivity index (χ2n) is 6.85. The summed E-state index contributed by atoms with van der Waals surface area (Å²) in [5, 5.41) is 7.11. The molecule has 1 N–H and O–H groups in total. The van der Waals surface area contributed by atoms with Crippen LogP contribution in [0, 0.1) is 5.82 Å². The molecule has 4 aromatic rings. The number of nitrogens with zero attached hydrogens (tertiary/aromatic N) is 3. The van der Waals surface area contributed by atoms with Crippen LogP contribution < -0.4 is 15.6 Å². The maximum Gasteiger partial charge on any atom is 0.276 e. The van der Waals surface area contributed by atoms with Crippen LogP contribution in [-0.4, -0.2) is 33.2 Å². The topological polar surface area (TPSA) is 77.6 Å². The van der Waals surface area contributed by atoms with Crippen LogP contribution in [-0.2, 0) is 6.54 Å². The molecule has 0 aliphatic carbocycles. The van der Waals surface area contributed by atoms with Crippen molar-refractivity contribution in [2.24, 2.45) is 0 Å². The smallest absolute Gasteiger partial charge is 0.276 e. The number of hydrogen-bond acceptors (Lipinski definition) is 4. The summed E-state index contributed by atoms with van der Waals surface area (Å²) in [6, 6.07) is 15.0. The second kappa shape index (κ2) is 8.83. The molecule has 0 saturated carbocycles. The van der Waals surface area contributed by atoms with Gasteiger partial charge in [0.15, 0.2) is 0 Å². The van der Waals surface area contributed by atoms with Gasteiger partial charge < -0.3 is 14.6 Å². The Kier molecular flexibility index (Phi) is 5.79. The molecule has 0 unspecified atom stereocenters. The molecule has 0 bridgehead atoms. The summed E-state index contributed by atoms with van der Waals surface area (Å²) in [5.74, 6) is -0.330. The van der Waals surface area contributed by atoms with Gasteiger partial charge in [0.2, 0.25) is 0 Å².